The van der Waals surface area contributed by atoms with Gasteiger partial charge in [-0.2, -0.15) is 26.3 Å². The van der Waals surface area contributed by atoms with Crippen molar-refractivity contribution in [1.29, 1.82) is 0 Å². The topological polar surface area (TPSA) is 54.9 Å². The number of hydrogen-bond acceptors (Lipinski definition) is 3. The van der Waals surface area contributed by atoms with Gasteiger partial charge in [-0.05, 0) is 36.4 Å². The highest BCUT2D eigenvalue weighted by Gasteiger charge is 2.35. The SMILES string of the molecule is O=C(Nc1ccc(C(F)(F)F)cn1)c1ccc(-c2ncccc2C(F)(F)F)c(Cl)c1. The highest BCUT2D eigenvalue weighted by molar-refractivity contribution is 6.33. The Kier molecular flexibility index (Phi) is 5.71. The van der Waals surface area contributed by atoms with Crippen LogP contribution in [0.2, 0.25) is 5.02 Å². The van der Waals surface area contributed by atoms with Crippen molar-refractivity contribution in [2.45, 2.75) is 12.4 Å². The quantitative estimate of drug-likeness (QED) is 0.497. The molecule has 0 fully saturated rings. The van der Waals surface area contributed by atoms with E-state index >= 15 is 0 Å². The third-order valence-electron chi connectivity index (χ3n) is 3.93. The number of amides is 1. The van der Waals surface area contributed by atoms with E-state index in [0.717, 1.165) is 30.3 Å². The predicted octanol–water partition coefficient (Wildman–Crippen LogP) is 6.09. The molecule has 0 unspecified atom stereocenters. The van der Waals surface area contributed by atoms with E-state index in [1.807, 2.05) is 0 Å². The lowest BCUT2D eigenvalue weighted by molar-refractivity contribution is -0.138. The summed E-state index contributed by atoms with van der Waals surface area (Å²) in [4.78, 5) is 19.6. The average molecular weight is 446 g/mol. The summed E-state index contributed by atoms with van der Waals surface area (Å²) in [7, 11) is 0. The van der Waals surface area contributed by atoms with Gasteiger partial charge < -0.3 is 5.32 Å². The maximum absolute atomic E-state index is 13.2. The van der Waals surface area contributed by atoms with Gasteiger partial charge in [0.15, 0.2) is 0 Å². The molecule has 0 atom stereocenters. The molecule has 1 amide bonds. The Bertz CT molecular complexity index is 1080. The Balaban J connectivity index is 1.85. The van der Waals surface area contributed by atoms with Crippen LogP contribution in [0, 0.1) is 0 Å². The first-order valence-electron chi connectivity index (χ1n) is 8.13. The molecule has 1 aromatic carbocycles. The fraction of sp³-hybridized carbons (Fsp3) is 0.105. The molecule has 0 aliphatic heterocycles. The minimum absolute atomic E-state index is 0.0325. The van der Waals surface area contributed by atoms with Gasteiger partial charge in [-0.25, -0.2) is 4.98 Å². The van der Waals surface area contributed by atoms with Crippen LogP contribution in [0.1, 0.15) is 21.5 Å². The van der Waals surface area contributed by atoms with E-state index in [0.29, 0.717) is 6.20 Å². The lowest BCUT2D eigenvalue weighted by atomic mass is 10.0. The van der Waals surface area contributed by atoms with E-state index in [4.69, 9.17) is 11.6 Å². The minimum atomic E-state index is -4.66. The number of hydrogen-bond donors (Lipinski definition) is 1. The highest BCUT2D eigenvalue weighted by atomic mass is 35.5. The zero-order chi connectivity index (χ0) is 22.1. The number of carbonyl (C=O) groups excluding carboxylic acids is 1. The molecular formula is C19H10ClF6N3O. The van der Waals surface area contributed by atoms with Gasteiger partial charge in [0.05, 0.1) is 21.8 Å². The van der Waals surface area contributed by atoms with Crippen molar-refractivity contribution in [3.05, 3.63) is 76.6 Å². The van der Waals surface area contributed by atoms with E-state index in [1.54, 1.807) is 0 Å². The third-order valence-corrected chi connectivity index (χ3v) is 4.24. The predicted molar refractivity (Wildman–Crippen MR) is 96.9 cm³/mol. The third kappa shape index (κ3) is 4.70. The van der Waals surface area contributed by atoms with Crippen LogP contribution in [-0.2, 0) is 12.4 Å². The number of pyridine rings is 2. The molecule has 0 aliphatic rings. The van der Waals surface area contributed by atoms with Crippen LogP contribution in [0.3, 0.4) is 0 Å². The molecule has 4 nitrogen and oxygen atoms in total. The normalized spacial score (nSPS) is 12.0. The number of rotatable bonds is 3. The zero-order valence-electron chi connectivity index (χ0n) is 14.6. The number of nitrogens with zero attached hydrogens (tertiary/aromatic N) is 2. The molecule has 30 heavy (non-hydrogen) atoms. The number of aromatic nitrogens is 2. The maximum Gasteiger partial charge on any atom is 0.418 e. The van der Waals surface area contributed by atoms with Crippen molar-refractivity contribution < 1.29 is 31.1 Å². The molecule has 0 saturated heterocycles. The largest absolute Gasteiger partial charge is 0.418 e. The summed E-state index contributed by atoms with van der Waals surface area (Å²) in [6.45, 7) is 0. The van der Waals surface area contributed by atoms with E-state index < -0.39 is 35.1 Å². The molecule has 0 aliphatic carbocycles. The van der Waals surface area contributed by atoms with Gasteiger partial charge in [0.25, 0.3) is 5.91 Å². The average Bonchev–Trinajstić information content (AvgIpc) is 2.67. The van der Waals surface area contributed by atoms with Crippen LogP contribution >= 0.6 is 11.6 Å². The first-order valence-corrected chi connectivity index (χ1v) is 8.51. The van der Waals surface area contributed by atoms with Crippen molar-refractivity contribution >= 4 is 23.3 Å². The summed E-state index contributed by atoms with van der Waals surface area (Å²) in [5.41, 5.74) is -2.43. The first kappa shape index (κ1) is 21.6. The zero-order valence-corrected chi connectivity index (χ0v) is 15.4. The van der Waals surface area contributed by atoms with Crippen LogP contribution in [0.5, 0.6) is 0 Å². The summed E-state index contributed by atoms with van der Waals surface area (Å²) in [6, 6.07) is 7.27. The molecule has 11 heteroatoms. The molecule has 1 N–H and O–H groups in total. The van der Waals surface area contributed by atoms with E-state index in [9.17, 15) is 31.1 Å². The maximum atomic E-state index is 13.2. The van der Waals surface area contributed by atoms with Crippen molar-refractivity contribution in [1.82, 2.24) is 9.97 Å². The Morgan fingerprint density at radius 1 is 0.933 bits per heavy atom. The molecule has 0 saturated carbocycles. The monoisotopic (exact) mass is 445 g/mol. The number of benzene rings is 1. The van der Waals surface area contributed by atoms with Crippen molar-refractivity contribution in [2.24, 2.45) is 0 Å². The van der Waals surface area contributed by atoms with Gasteiger partial charge in [0.1, 0.15) is 5.82 Å². The molecule has 3 rings (SSSR count). The lowest BCUT2D eigenvalue weighted by Gasteiger charge is -2.13. The molecule has 0 spiro atoms. The van der Waals surface area contributed by atoms with Gasteiger partial charge in [-0.1, -0.05) is 17.7 Å². The van der Waals surface area contributed by atoms with Crippen molar-refractivity contribution in [2.75, 3.05) is 5.32 Å². The van der Waals surface area contributed by atoms with Crippen LogP contribution in [0.4, 0.5) is 32.2 Å². The van der Waals surface area contributed by atoms with Crippen LogP contribution in [-0.4, -0.2) is 15.9 Å². The molecule has 0 bridgehead atoms. The van der Waals surface area contributed by atoms with Crippen molar-refractivity contribution in [3.8, 4) is 11.3 Å². The Morgan fingerprint density at radius 3 is 2.23 bits per heavy atom. The number of nitrogens with one attached hydrogen (secondary N) is 1. The van der Waals surface area contributed by atoms with Gasteiger partial charge in [0.2, 0.25) is 0 Å². The smallest absolute Gasteiger partial charge is 0.307 e. The van der Waals surface area contributed by atoms with Gasteiger partial charge >= 0.3 is 12.4 Å². The fourth-order valence-corrected chi connectivity index (χ4v) is 2.79. The van der Waals surface area contributed by atoms with Crippen LogP contribution < -0.4 is 5.32 Å². The van der Waals surface area contributed by atoms with Crippen molar-refractivity contribution in [3.63, 3.8) is 0 Å². The van der Waals surface area contributed by atoms with Crippen LogP contribution in [0.15, 0.2) is 54.9 Å². The number of halogens is 7. The number of anilines is 1. The second-order valence-electron chi connectivity index (χ2n) is 5.98. The summed E-state index contributed by atoms with van der Waals surface area (Å²) >= 11 is 6.08. The summed E-state index contributed by atoms with van der Waals surface area (Å²) in [6.07, 6.45) is -7.49. The van der Waals surface area contributed by atoms with Gasteiger partial charge in [-0.15, -0.1) is 0 Å². The molecule has 2 heterocycles. The number of carbonyl (C=O) groups is 1. The first-order chi connectivity index (χ1) is 14.0. The Morgan fingerprint density at radius 2 is 1.67 bits per heavy atom. The van der Waals surface area contributed by atoms with Gasteiger partial charge in [-0.3, -0.25) is 9.78 Å². The van der Waals surface area contributed by atoms with Gasteiger partial charge in [0, 0.05) is 23.5 Å². The fourth-order valence-electron chi connectivity index (χ4n) is 2.52. The summed E-state index contributed by atoms with van der Waals surface area (Å²) < 4.78 is 77.2. The molecule has 0 radical (unpaired) electrons. The highest BCUT2D eigenvalue weighted by Crippen LogP contribution is 2.38. The molecule has 156 valence electrons. The molecule has 2 aromatic heterocycles. The second kappa shape index (κ2) is 7.94. The second-order valence-corrected chi connectivity index (χ2v) is 6.38. The van der Waals surface area contributed by atoms with E-state index in [-0.39, 0.29) is 22.0 Å². The summed E-state index contributed by atoms with van der Waals surface area (Å²) in [5, 5.41) is 2.13. The van der Waals surface area contributed by atoms with E-state index in [2.05, 4.69) is 15.3 Å². The Hall–Kier alpha value is -3.14. The van der Waals surface area contributed by atoms with Crippen LogP contribution in [0.25, 0.3) is 11.3 Å². The lowest BCUT2D eigenvalue weighted by Crippen LogP contribution is -2.14. The molecular weight excluding hydrogens is 436 g/mol. The minimum Gasteiger partial charge on any atom is -0.307 e. The molecule has 3 aromatic rings. The number of alkyl halides is 6. The van der Waals surface area contributed by atoms with E-state index in [1.165, 1.54) is 18.3 Å². The summed E-state index contributed by atoms with van der Waals surface area (Å²) in [5.74, 6) is -0.898. The standard InChI is InChI=1S/C19H10ClF6N3O/c20-14-8-10(17(30)29-15-6-4-11(9-28-15)18(21,22)23)3-5-12(14)16-13(19(24,25)26)2-1-7-27-16/h1-9H,(H,28,29,30). The Labute approximate surface area is 170 Å².